The van der Waals surface area contributed by atoms with Crippen LogP contribution < -0.4 is 0 Å². The third-order valence-corrected chi connectivity index (χ3v) is 2.47. The van der Waals surface area contributed by atoms with Crippen LogP contribution in [0.3, 0.4) is 0 Å². The molecule has 8 heteroatoms. The highest BCUT2D eigenvalue weighted by atomic mass is 16.6. The van der Waals surface area contributed by atoms with Gasteiger partial charge in [-0.3, -0.25) is 0 Å². The van der Waals surface area contributed by atoms with Gasteiger partial charge in [0.2, 0.25) is 7.11 Å². The van der Waals surface area contributed by atoms with Crippen LogP contribution in [0.1, 0.15) is 0 Å². The fraction of sp³-hybridized carbons (Fsp3) is 0.933. The van der Waals surface area contributed by atoms with E-state index in [0.29, 0.717) is 85.9 Å². The van der Waals surface area contributed by atoms with Crippen LogP contribution >= 0.6 is 0 Å². The lowest BCUT2D eigenvalue weighted by molar-refractivity contribution is -0.0197. The minimum absolute atomic E-state index is 0.0359. The molecule has 23 heavy (non-hydrogen) atoms. The third kappa shape index (κ3) is 21.6. The molecule has 0 radical (unpaired) electrons. The summed E-state index contributed by atoms with van der Waals surface area (Å²) in [6.45, 7) is 6.63. The van der Waals surface area contributed by atoms with Crippen LogP contribution in [0.2, 0.25) is 0 Å². The van der Waals surface area contributed by atoms with E-state index in [2.05, 4.69) is 11.8 Å². The molecule has 0 saturated heterocycles. The second-order valence-electron chi connectivity index (χ2n) is 4.31. The van der Waals surface area contributed by atoms with Crippen molar-refractivity contribution in [2.24, 2.45) is 0 Å². The Morgan fingerprint density at radius 1 is 0.435 bits per heavy atom. The van der Waals surface area contributed by atoms with Gasteiger partial charge in [0.15, 0.2) is 0 Å². The van der Waals surface area contributed by atoms with Gasteiger partial charge in [0.05, 0.1) is 85.9 Å². The lowest BCUT2D eigenvalue weighted by Crippen LogP contribution is -2.14. The standard InChI is InChI=1S/C15H31O8/c1-17-4-5-19-8-9-21-12-13-23-15-14-22-11-10-20-7-6-18-3-2-16/h16H,1-15H2/q+1. The molecule has 0 amide bonds. The van der Waals surface area contributed by atoms with Gasteiger partial charge in [-0.15, -0.1) is 0 Å². The van der Waals surface area contributed by atoms with Crippen molar-refractivity contribution < 1.29 is 38.3 Å². The summed E-state index contributed by atoms with van der Waals surface area (Å²) in [7, 11) is 3.25. The van der Waals surface area contributed by atoms with Gasteiger partial charge < -0.3 is 33.5 Å². The van der Waals surface area contributed by atoms with Crippen molar-refractivity contribution in [3.63, 3.8) is 0 Å². The van der Waals surface area contributed by atoms with Gasteiger partial charge in [-0.1, -0.05) is 0 Å². The van der Waals surface area contributed by atoms with Crippen LogP contribution in [-0.4, -0.2) is 97.6 Å². The van der Waals surface area contributed by atoms with Crippen molar-refractivity contribution in [3.8, 4) is 0 Å². The van der Waals surface area contributed by atoms with Crippen molar-refractivity contribution in [2.75, 3.05) is 92.5 Å². The molecule has 0 aromatic rings. The zero-order valence-corrected chi connectivity index (χ0v) is 13.9. The first-order valence-corrected chi connectivity index (χ1v) is 7.86. The molecule has 0 saturated carbocycles. The Labute approximate surface area is 138 Å². The maximum Gasteiger partial charge on any atom is 0.213 e. The van der Waals surface area contributed by atoms with E-state index in [1.165, 1.54) is 0 Å². The predicted molar refractivity (Wildman–Crippen MR) is 83.3 cm³/mol. The molecule has 0 rings (SSSR count). The maximum atomic E-state index is 8.49. The van der Waals surface area contributed by atoms with Crippen LogP contribution in [-0.2, 0) is 33.2 Å². The second-order valence-corrected chi connectivity index (χ2v) is 4.31. The lowest BCUT2D eigenvalue weighted by atomic mass is 10.6. The van der Waals surface area contributed by atoms with Crippen LogP contribution in [0.15, 0.2) is 0 Å². The third-order valence-electron chi connectivity index (χ3n) is 2.47. The van der Waals surface area contributed by atoms with Crippen molar-refractivity contribution in [1.29, 1.82) is 0 Å². The fourth-order valence-corrected chi connectivity index (χ4v) is 1.38. The number of rotatable bonds is 20. The molecular weight excluding hydrogens is 308 g/mol. The topological polar surface area (TPSA) is 84.8 Å². The van der Waals surface area contributed by atoms with Gasteiger partial charge in [-0.2, -0.15) is 4.74 Å². The monoisotopic (exact) mass is 339 g/mol. The van der Waals surface area contributed by atoms with Crippen molar-refractivity contribution >= 4 is 0 Å². The first kappa shape index (κ1) is 22.6. The van der Waals surface area contributed by atoms with Crippen molar-refractivity contribution in [1.82, 2.24) is 0 Å². The lowest BCUT2D eigenvalue weighted by Gasteiger charge is -2.08. The van der Waals surface area contributed by atoms with Gasteiger partial charge in [0.25, 0.3) is 0 Å². The van der Waals surface area contributed by atoms with Crippen molar-refractivity contribution in [3.05, 3.63) is 7.11 Å². The Kier molecular flexibility index (Phi) is 21.1. The number of aliphatic hydroxyl groups excluding tert-OH is 1. The van der Waals surface area contributed by atoms with E-state index in [9.17, 15) is 0 Å². The SMILES string of the molecule is [CH2+]OCCOCCOCCOCCOCCOCCOCCO. The van der Waals surface area contributed by atoms with Gasteiger partial charge in [0.1, 0.15) is 6.61 Å². The van der Waals surface area contributed by atoms with Crippen LogP contribution in [0, 0.1) is 7.11 Å². The maximum absolute atomic E-state index is 8.49. The Hall–Kier alpha value is -0.450. The molecule has 0 atom stereocenters. The summed E-state index contributed by atoms with van der Waals surface area (Å²) in [5.41, 5.74) is 0. The van der Waals surface area contributed by atoms with E-state index in [1.807, 2.05) is 0 Å². The number of ether oxygens (including phenoxy) is 7. The molecule has 0 fully saturated rings. The molecule has 0 aliphatic heterocycles. The van der Waals surface area contributed by atoms with E-state index in [-0.39, 0.29) is 6.61 Å². The normalized spacial score (nSPS) is 11.2. The summed E-state index contributed by atoms with van der Waals surface area (Å²) in [4.78, 5) is 0. The van der Waals surface area contributed by atoms with E-state index in [1.54, 1.807) is 0 Å². The van der Waals surface area contributed by atoms with Crippen LogP contribution in [0.5, 0.6) is 0 Å². The largest absolute Gasteiger partial charge is 0.394 e. The van der Waals surface area contributed by atoms with E-state index in [4.69, 9.17) is 33.5 Å². The minimum Gasteiger partial charge on any atom is -0.394 e. The molecule has 0 bridgehead atoms. The summed E-state index contributed by atoms with van der Waals surface area (Å²) >= 11 is 0. The summed E-state index contributed by atoms with van der Waals surface area (Å²) in [5.74, 6) is 0. The molecule has 0 heterocycles. The molecule has 0 aliphatic carbocycles. The summed E-state index contributed by atoms with van der Waals surface area (Å²) in [5, 5.41) is 8.49. The summed E-state index contributed by atoms with van der Waals surface area (Å²) in [6.07, 6.45) is 0. The average Bonchev–Trinajstić information content (AvgIpc) is 2.57. The first-order chi connectivity index (χ1) is 11.4. The molecule has 0 aromatic carbocycles. The molecule has 8 nitrogen and oxygen atoms in total. The highest BCUT2D eigenvalue weighted by Crippen LogP contribution is 1.84. The molecule has 0 aliphatic rings. The summed E-state index contributed by atoms with van der Waals surface area (Å²) < 4.78 is 36.1. The quantitative estimate of drug-likeness (QED) is 0.243. The molecule has 0 spiro atoms. The summed E-state index contributed by atoms with van der Waals surface area (Å²) in [6, 6.07) is 0. The molecule has 0 aromatic heterocycles. The van der Waals surface area contributed by atoms with Crippen LogP contribution in [0.4, 0.5) is 0 Å². The first-order valence-electron chi connectivity index (χ1n) is 7.86. The highest BCUT2D eigenvalue weighted by molar-refractivity contribution is 4.36. The fourth-order valence-electron chi connectivity index (χ4n) is 1.38. The number of aliphatic hydroxyl groups is 1. The molecular formula is C15H31O8+. The number of hydrogen-bond acceptors (Lipinski definition) is 8. The molecule has 0 unspecified atom stereocenters. The molecule has 138 valence electrons. The minimum atomic E-state index is 0.0359. The van der Waals surface area contributed by atoms with Gasteiger partial charge >= 0.3 is 0 Å². The Bertz CT molecular complexity index is 186. The van der Waals surface area contributed by atoms with Crippen molar-refractivity contribution in [2.45, 2.75) is 0 Å². The van der Waals surface area contributed by atoms with E-state index in [0.717, 1.165) is 0 Å². The molecule has 1 N–H and O–H groups in total. The van der Waals surface area contributed by atoms with E-state index < -0.39 is 0 Å². The zero-order valence-electron chi connectivity index (χ0n) is 13.9. The Morgan fingerprint density at radius 3 is 0.957 bits per heavy atom. The zero-order chi connectivity index (χ0) is 16.8. The Balaban J connectivity index is 2.92. The van der Waals surface area contributed by atoms with E-state index >= 15 is 0 Å². The highest BCUT2D eigenvalue weighted by Gasteiger charge is 1.94. The van der Waals surface area contributed by atoms with Crippen LogP contribution in [0.25, 0.3) is 0 Å². The average molecular weight is 339 g/mol. The Morgan fingerprint density at radius 2 is 0.696 bits per heavy atom. The smallest absolute Gasteiger partial charge is 0.213 e. The van der Waals surface area contributed by atoms with Gasteiger partial charge in [-0.05, 0) is 0 Å². The van der Waals surface area contributed by atoms with Gasteiger partial charge in [-0.25, -0.2) is 0 Å². The number of hydrogen-bond donors (Lipinski definition) is 1. The second kappa shape index (κ2) is 21.6. The van der Waals surface area contributed by atoms with Gasteiger partial charge in [0, 0.05) is 0 Å². The predicted octanol–water partition coefficient (Wildman–Crippen LogP) is -0.114.